The first-order valence-corrected chi connectivity index (χ1v) is 10.2. The van der Waals surface area contributed by atoms with E-state index in [0.717, 1.165) is 28.2 Å². The molecule has 0 aliphatic carbocycles. The van der Waals surface area contributed by atoms with E-state index in [1.807, 2.05) is 50.2 Å². The van der Waals surface area contributed by atoms with E-state index in [-0.39, 0.29) is 18.2 Å². The van der Waals surface area contributed by atoms with Crippen LogP contribution in [0.5, 0.6) is 0 Å². The zero-order valence-electron chi connectivity index (χ0n) is 17.3. The van der Waals surface area contributed by atoms with E-state index in [0.29, 0.717) is 18.5 Å². The van der Waals surface area contributed by atoms with Gasteiger partial charge in [-0.1, -0.05) is 29.0 Å². The van der Waals surface area contributed by atoms with Gasteiger partial charge in [-0.15, -0.1) is 5.10 Å². The molecule has 1 aromatic heterocycles. The van der Waals surface area contributed by atoms with Gasteiger partial charge in [0, 0.05) is 24.1 Å². The van der Waals surface area contributed by atoms with Crippen LogP contribution in [0.1, 0.15) is 40.0 Å². The second-order valence-electron chi connectivity index (χ2n) is 8.04. The van der Waals surface area contributed by atoms with Crippen molar-refractivity contribution in [3.8, 4) is 16.9 Å². The summed E-state index contributed by atoms with van der Waals surface area (Å²) in [6, 6.07) is 13.0. The molecule has 1 N–H and O–H groups in total. The lowest BCUT2D eigenvalue weighted by Gasteiger charge is -2.29. The highest BCUT2D eigenvalue weighted by atomic mass is 16.2. The van der Waals surface area contributed by atoms with Crippen LogP contribution >= 0.6 is 0 Å². The van der Waals surface area contributed by atoms with E-state index in [2.05, 4.69) is 15.6 Å². The van der Waals surface area contributed by atoms with Crippen molar-refractivity contribution >= 4 is 17.7 Å². The second-order valence-corrected chi connectivity index (χ2v) is 8.04. The third-order valence-corrected chi connectivity index (χ3v) is 5.97. The number of piperidine rings is 1. The minimum atomic E-state index is -0.620. The summed E-state index contributed by atoms with van der Waals surface area (Å²) in [7, 11) is 0. The number of fused-ring (bicyclic) bond motifs is 1. The van der Waals surface area contributed by atoms with Gasteiger partial charge in [0.15, 0.2) is 0 Å². The molecule has 8 heteroatoms. The summed E-state index contributed by atoms with van der Waals surface area (Å²) in [6.07, 6.45) is 0.588. The Morgan fingerprint density at radius 2 is 1.81 bits per heavy atom. The van der Waals surface area contributed by atoms with Gasteiger partial charge in [-0.3, -0.25) is 19.7 Å². The van der Waals surface area contributed by atoms with Gasteiger partial charge in [-0.2, -0.15) is 0 Å². The summed E-state index contributed by atoms with van der Waals surface area (Å²) >= 11 is 0. The highest BCUT2D eigenvalue weighted by Gasteiger charge is 2.39. The van der Waals surface area contributed by atoms with Crippen LogP contribution in [0.3, 0.4) is 0 Å². The largest absolute Gasteiger partial charge is 0.322 e. The lowest BCUT2D eigenvalue weighted by molar-refractivity contribution is -0.136. The van der Waals surface area contributed by atoms with Crippen molar-refractivity contribution in [2.75, 3.05) is 0 Å². The molecule has 2 aliphatic rings. The molecule has 8 nitrogen and oxygen atoms in total. The molecular formula is C23H21N5O3. The summed E-state index contributed by atoms with van der Waals surface area (Å²) in [5.74, 6) is -0.884. The Morgan fingerprint density at radius 3 is 2.55 bits per heavy atom. The molecule has 1 saturated heterocycles. The van der Waals surface area contributed by atoms with Gasteiger partial charge in [0.2, 0.25) is 11.8 Å². The SMILES string of the molecule is Cc1ccc(-n2nnc(-c3ccc4c(c3)CN(C3CCC(=O)NC3=O)C4=O)c2C)cc1. The number of amides is 3. The van der Waals surface area contributed by atoms with Gasteiger partial charge in [0.1, 0.15) is 11.7 Å². The van der Waals surface area contributed by atoms with Crippen LogP contribution in [-0.4, -0.2) is 43.7 Å². The minimum absolute atomic E-state index is 0.184. The fourth-order valence-electron chi connectivity index (χ4n) is 4.25. The van der Waals surface area contributed by atoms with Crippen LogP contribution in [-0.2, 0) is 16.1 Å². The second kappa shape index (κ2) is 7.16. The first-order valence-electron chi connectivity index (χ1n) is 10.2. The summed E-state index contributed by atoms with van der Waals surface area (Å²) in [5, 5.41) is 11.0. The summed E-state index contributed by atoms with van der Waals surface area (Å²) in [6.45, 7) is 4.33. The molecule has 156 valence electrons. The van der Waals surface area contributed by atoms with Crippen LogP contribution in [0, 0.1) is 13.8 Å². The fourth-order valence-corrected chi connectivity index (χ4v) is 4.25. The first-order chi connectivity index (χ1) is 14.9. The Hall–Kier alpha value is -3.81. The number of benzene rings is 2. The molecule has 1 fully saturated rings. The van der Waals surface area contributed by atoms with Gasteiger partial charge in [-0.05, 0) is 50.1 Å². The molecule has 1 unspecified atom stereocenters. The van der Waals surface area contributed by atoms with E-state index in [1.165, 1.54) is 5.56 Å². The van der Waals surface area contributed by atoms with Gasteiger partial charge < -0.3 is 4.90 Å². The number of imide groups is 1. The topological polar surface area (TPSA) is 97.2 Å². The van der Waals surface area contributed by atoms with E-state index < -0.39 is 11.9 Å². The number of aromatic nitrogens is 3. The van der Waals surface area contributed by atoms with Crippen molar-refractivity contribution < 1.29 is 14.4 Å². The molecule has 1 atom stereocenters. The van der Waals surface area contributed by atoms with Crippen LogP contribution < -0.4 is 5.32 Å². The van der Waals surface area contributed by atoms with Crippen molar-refractivity contribution in [3.05, 3.63) is 64.8 Å². The van der Waals surface area contributed by atoms with Gasteiger partial charge in [0.05, 0.1) is 11.4 Å². The van der Waals surface area contributed by atoms with E-state index in [9.17, 15) is 14.4 Å². The van der Waals surface area contributed by atoms with Crippen LogP contribution in [0.2, 0.25) is 0 Å². The predicted molar refractivity (Wildman–Crippen MR) is 112 cm³/mol. The Kier molecular flexibility index (Phi) is 4.43. The van der Waals surface area contributed by atoms with Gasteiger partial charge in [0.25, 0.3) is 5.91 Å². The van der Waals surface area contributed by atoms with E-state index >= 15 is 0 Å². The number of aryl methyl sites for hydroxylation is 1. The fraction of sp³-hybridized carbons (Fsp3) is 0.261. The Morgan fingerprint density at radius 1 is 1.03 bits per heavy atom. The molecule has 5 rings (SSSR count). The lowest BCUT2D eigenvalue weighted by atomic mass is 10.0. The standard InChI is InChI=1S/C23H21N5O3/c1-13-3-6-17(7-4-13)28-14(2)21(25-26-28)15-5-8-18-16(11-15)12-27(23(18)31)19-9-10-20(29)24-22(19)30/h3-8,11,19H,9-10,12H2,1-2H3,(H,24,29,30). The molecule has 2 aromatic carbocycles. The van der Waals surface area contributed by atoms with E-state index in [4.69, 9.17) is 0 Å². The van der Waals surface area contributed by atoms with Crippen molar-refractivity contribution in [3.63, 3.8) is 0 Å². The van der Waals surface area contributed by atoms with Gasteiger partial charge >= 0.3 is 0 Å². The number of carbonyl (C=O) groups is 3. The van der Waals surface area contributed by atoms with Crippen molar-refractivity contribution in [1.82, 2.24) is 25.2 Å². The molecule has 31 heavy (non-hydrogen) atoms. The molecule has 3 heterocycles. The molecule has 0 spiro atoms. The van der Waals surface area contributed by atoms with E-state index in [1.54, 1.807) is 15.6 Å². The Labute approximate surface area is 178 Å². The van der Waals surface area contributed by atoms with Crippen LogP contribution in [0.25, 0.3) is 16.9 Å². The maximum atomic E-state index is 12.9. The van der Waals surface area contributed by atoms with Crippen LogP contribution in [0.15, 0.2) is 42.5 Å². The molecule has 3 amide bonds. The summed E-state index contributed by atoms with van der Waals surface area (Å²) in [4.78, 5) is 38.1. The minimum Gasteiger partial charge on any atom is -0.322 e. The predicted octanol–water partition coefficient (Wildman–Crippen LogP) is 2.31. The number of rotatable bonds is 3. The molecule has 2 aliphatic heterocycles. The Balaban J connectivity index is 1.44. The Bertz CT molecular complexity index is 1230. The maximum absolute atomic E-state index is 12.9. The molecule has 0 radical (unpaired) electrons. The third kappa shape index (κ3) is 3.20. The average molecular weight is 415 g/mol. The summed E-state index contributed by atoms with van der Waals surface area (Å²) in [5.41, 5.74) is 6.04. The van der Waals surface area contributed by atoms with Crippen molar-refractivity contribution in [1.29, 1.82) is 0 Å². The number of hydrogen-bond acceptors (Lipinski definition) is 5. The molecule has 3 aromatic rings. The molecule has 0 saturated carbocycles. The van der Waals surface area contributed by atoms with Crippen molar-refractivity contribution in [2.45, 2.75) is 39.3 Å². The zero-order valence-corrected chi connectivity index (χ0v) is 17.3. The zero-order chi connectivity index (χ0) is 21.7. The number of hydrogen-bond donors (Lipinski definition) is 1. The summed E-state index contributed by atoms with van der Waals surface area (Å²) < 4.78 is 1.79. The monoisotopic (exact) mass is 415 g/mol. The van der Waals surface area contributed by atoms with Crippen LogP contribution in [0.4, 0.5) is 0 Å². The normalized spacial score (nSPS) is 18.3. The highest BCUT2D eigenvalue weighted by molar-refractivity contribution is 6.05. The maximum Gasteiger partial charge on any atom is 0.255 e. The lowest BCUT2D eigenvalue weighted by Crippen LogP contribution is -2.52. The molecular weight excluding hydrogens is 394 g/mol. The van der Waals surface area contributed by atoms with Crippen molar-refractivity contribution in [2.24, 2.45) is 0 Å². The quantitative estimate of drug-likeness (QED) is 0.662. The third-order valence-electron chi connectivity index (χ3n) is 5.97. The molecule has 0 bridgehead atoms. The smallest absolute Gasteiger partial charge is 0.255 e. The average Bonchev–Trinajstić information content (AvgIpc) is 3.28. The first kappa shape index (κ1) is 19.2. The number of nitrogens with one attached hydrogen (secondary N) is 1. The van der Waals surface area contributed by atoms with Gasteiger partial charge in [-0.25, -0.2) is 4.68 Å². The highest BCUT2D eigenvalue weighted by Crippen LogP contribution is 2.31. The number of carbonyl (C=O) groups excluding carboxylic acids is 3. The number of nitrogens with zero attached hydrogens (tertiary/aromatic N) is 4.